The fraction of sp³-hybridized carbons (Fsp3) is 0.870. The van der Waals surface area contributed by atoms with E-state index < -0.39 is 11.8 Å². The van der Waals surface area contributed by atoms with Crippen LogP contribution in [0.5, 0.6) is 0 Å². The summed E-state index contributed by atoms with van der Waals surface area (Å²) in [6, 6.07) is -0.245. The van der Waals surface area contributed by atoms with E-state index in [1.807, 2.05) is 0 Å². The van der Waals surface area contributed by atoms with Crippen LogP contribution < -0.4 is 16.1 Å². The lowest BCUT2D eigenvalue weighted by molar-refractivity contribution is -0.135. The van der Waals surface area contributed by atoms with Crippen molar-refractivity contribution in [2.45, 2.75) is 110 Å². The first-order chi connectivity index (χ1) is 14.3. The Morgan fingerprint density at radius 3 is 1.93 bits per heavy atom. The van der Waals surface area contributed by atoms with Crippen molar-refractivity contribution in [3.05, 3.63) is 0 Å². The van der Waals surface area contributed by atoms with Crippen LogP contribution in [0, 0.1) is 11.8 Å². The van der Waals surface area contributed by atoms with Crippen LogP contribution in [-0.4, -0.2) is 35.1 Å². The number of nitrogens with one attached hydrogen (secondary N) is 3. The van der Waals surface area contributed by atoms with Crippen LogP contribution in [0.1, 0.15) is 104 Å². The Bertz CT molecular complexity index is 486. The van der Waals surface area contributed by atoms with Gasteiger partial charge in [0.05, 0.1) is 11.0 Å². The molecule has 176 valence electrons. The zero-order valence-electron chi connectivity index (χ0n) is 19.6. The molecule has 0 saturated carbocycles. The molecule has 7 heteroatoms. The average molecular weight is 444 g/mol. The maximum absolute atomic E-state index is 12.8. The Kier molecular flexibility index (Phi) is 17.8. The van der Waals surface area contributed by atoms with E-state index >= 15 is 0 Å². The van der Waals surface area contributed by atoms with Gasteiger partial charge in [-0.05, 0) is 18.8 Å². The third-order valence-corrected chi connectivity index (χ3v) is 5.91. The standard InChI is InChI=1S/C23H45N3O3S/c1-5-6-7-8-9-10-11-12-13-14-15-19(17-21(27)26-29)22(28)25-20(16-18(2)3)23(30)24-4/h18-20,29H,5-17H2,1-4H3,(H,24,30)(H,25,28)(H,26,27). The number of rotatable bonds is 18. The van der Waals surface area contributed by atoms with Crippen molar-refractivity contribution in [3.8, 4) is 0 Å². The molecule has 6 nitrogen and oxygen atoms in total. The molecule has 0 heterocycles. The molecule has 0 aromatic rings. The molecular weight excluding hydrogens is 398 g/mol. The van der Waals surface area contributed by atoms with Crippen LogP contribution in [0.3, 0.4) is 0 Å². The fourth-order valence-corrected chi connectivity index (χ4v) is 3.80. The molecule has 2 unspecified atom stereocenters. The highest BCUT2D eigenvalue weighted by Gasteiger charge is 2.25. The molecule has 30 heavy (non-hydrogen) atoms. The van der Waals surface area contributed by atoms with E-state index in [4.69, 9.17) is 17.4 Å². The molecule has 0 aromatic heterocycles. The van der Waals surface area contributed by atoms with Gasteiger partial charge in [0.1, 0.15) is 0 Å². The molecular formula is C23H45N3O3S. The minimum Gasteiger partial charge on any atom is -0.381 e. The van der Waals surface area contributed by atoms with Crippen molar-refractivity contribution in [1.82, 2.24) is 16.1 Å². The fourth-order valence-electron chi connectivity index (χ4n) is 3.64. The number of carbonyl (C=O) groups is 2. The summed E-state index contributed by atoms with van der Waals surface area (Å²) in [4.78, 5) is 25.1. The quantitative estimate of drug-likeness (QED) is 0.105. The smallest absolute Gasteiger partial charge is 0.244 e. The molecule has 0 radical (unpaired) electrons. The summed E-state index contributed by atoms with van der Waals surface area (Å²) in [5.41, 5.74) is 1.65. The van der Waals surface area contributed by atoms with E-state index in [1.165, 1.54) is 44.9 Å². The molecule has 0 saturated heterocycles. The number of hydrogen-bond donors (Lipinski definition) is 4. The summed E-state index contributed by atoms with van der Waals surface area (Å²) in [5.74, 6) is -0.778. The van der Waals surface area contributed by atoms with E-state index in [0.717, 1.165) is 25.7 Å². The second kappa shape index (κ2) is 18.6. The SMILES string of the molecule is CCCCCCCCCCCCC(CC(=O)NO)C(=O)NC(CC(C)C)C(=S)NC. The Morgan fingerprint density at radius 1 is 0.933 bits per heavy atom. The minimum absolute atomic E-state index is 0.0134. The van der Waals surface area contributed by atoms with E-state index in [2.05, 4.69) is 31.4 Å². The first kappa shape index (κ1) is 28.8. The second-order valence-electron chi connectivity index (χ2n) is 8.71. The molecule has 0 aliphatic carbocycles. The maximum atomic E-state index is 12.8. The van der Waals surface area contributed by atoms with Gasteiger partial charge in [-0.2, -0.15) is 0 Å². The van der Waals surface area contributed by atoms with E-state index in [-0.39, 0.29) is 18.4 Å². The monoisotopic (exact) mass is 443 g/mol. The molecule has 2 atom stereocenters. The lowest BCUT2D eigenvalue weighted by atomic mass is 9.94. The van der Waals surface area contributed by atoms with Crippen LogP contribution in [0.2, 0.25) is 0 Å². The van der Waals surface area contributed by atoms with Crippen LogP contribution in [0.4, 0.5) is 0 Å². The maximum Gasteiger partial charge on any atom is 0.244 e. The topological polar surface area (TPSA) is 90.5 Å². The van der Waals surface area contributed by atoms with Gasteiger partial charge >= 0.3 is 0 Å². The van der Waals surface area contributed by atoms with Crippen molar-refractivity contribution in [3.63, 3.8) is 0 Å². The third kappa shape index (κ3) is 14.7. The van der Waals surface area contributed by atoms with Crippen LogP contribution in [0.15, 0.2) is 0 Å². The summed E-state index contributed by atoms with van der Waals surface area (Å²) in [6.45, 7) is 6.40. The highest BCUT2D eigenvalue weighted by atomic mass is 32.1. The van der Waals surface area contributed by atoms with Gasteiger partial charge in [-0.15, -0.1) is 0 Å². The first-order valence-corrected chi connectivity index (χ1v) is 12.2. The zero-order chi connectivity index (χ0) is 22.8. The van der Waals surface area contributed by atoms with Crippen molar-refractivity contribution in [1.29, 1.82) is 0 Å². The lowest BCUT2D eigenvalue weighted by Crippen LogP contribution is -2.48. The Morgan fingerprint density at radius 2 is 1.47 bits per heavy atom. The summed E-state index contributed by atoms with van der Waals surface area (Å²) < 4.78 is 0. The molecule has 4 N–H and O–H groups in total. The van der Waals surface area contributed by atoms with E-state index in [9.17, 15) is 9.59 Å². The number of amides is 2. The first-order valence-electron chi connectivity index (χ1n) is 11.8. The number of thiocarbonyl (C=S) groups is 1. The Labute approximate surface area is 189 Å². The molecule has 2 amide bonds. The summed E-state index contributed by atoms with van der Waals surface area (Å²) in [7, 11) is 1.75. The summed E-state index contributed by atoms with van der Waals surface area (Å²) >= 11 is 5.35. The molecule has 0 fully saturated rings. The normalized spacial score (nSPS) is 13.0. The van der Waals surface area contributed by atoms with Gasteiger partial charge in [-0.1, -0.05) is 97.2 Å². The molecule has 0 aromatic carbocycles. The van der Waals surface area contributed by atoms with Gasteiger partial charge in [-0.25, -0.2) is 5.48 Å². The van der Waals surface area contributed by atoms with Crippen molar-refractivity contribution >= 4 is 29.0 Å². The number of hydroxylamine groups is 1. The molecule has 0 aliphatic rings. The second-order valence-corrected chi connectivity index (χ2v) is 9.15. The molecule has 0 rings (SSSR count). The van der Waals surface area contributed by atoms with Crippen molar-refractivity contribution in [2.75, 3.05) is 7.05 Å². The van der Waals surface area contributed by atoms with Crippen molar-refractivity contribution < 1.29 is 14.8 Å². The van der Waals surface area contributed by atoms with Crippen LogP contribution in [0.25, 0.3) is 0 Å². The van der Waals surface area contributed by atoms with Gasteiger partial charge in [0, 0.05) is 19.4 Å². The number of hydrogen-bond acceptors (Lipinski definition) is 4. The van der Waals surface area contributed by atoms with Crippen LogP contribution in [-0.2, 0) is 9.59 Å². The molecule has 0 aliphatic heterocycles. The van der Waals surface area contributed by atoms with Gasteiger partial charge in [0.2, 0.25) is 11.8 Å². The number of likely N-dealkylation sites (N-methyl/N-ethyl adjacent to an activating group) is 1. The van der Waals surface area contributed by atoms with E-state index in [1.54, 1.807) is 12.5 Å². The van der Waals surface area contributed by atoms with E-state index in [0.29, 0.717) is 17.3 Å². The predicted octanol–water partition coefficient (Wildman–Crippen LogP) is 4.89. The van der Waals surface area contributed by atoms with Gasteiger partial charge in [0.15, 0.2) is 0 Å². The van der Waals surface area contributed by atoms with Gasteiger partial charge in [0.25, 0.3) is 0 Å². The predicted molar refractivity (Wildman–Crippen MR) is 128 cm³/mol. The largest absolute Gasteiger partial charge is 0.381 e. The third-order valence-electron chi connectivity index (χ3n) is 5.42. The highest BCUT2D eigenvalue weighted by molar-refractivity contribution is 7.80. The van der Waals surface area contributed by atoms with Crippen molar-refractivity contribution in [2.24, 2.45) is 11.8 Å². The number of unbranched alkanes of at least 4 members (excludes halogenated alkanes) is 9. The summed E-state index contributed by atoms with van der Waals surface area (Å²) in [6.07, 6.45) is 13.6. The lowest BCUT2D eigenvalue weighted by Gasteiger charge is -2.24. The molecule has 0 spiro atoms. The highest BCUT2D eigenvalue weighted by Crippen LogP contribution is 2.18. The Hall–Kier alpha value is -1.21. The minimum atomic E-state index is -0.529. The van der Waals surface area contributed by atoms with Crippen LogP contribution >= 0.6 is 12.2 Å². The number of carbonyl (C=O) groups excluding carboxylic acids is 2. The summed E-state index contributed by atoms with van der Waals surface area (Å²) in [5, 5.41) is 14.8. The Balaban J connectivity index is 4.45. The van der Waals surface area contributed by atoms with Gasteiger partial charge < -0.3 is 10.6 Å². The molecule has 0 bridgehead atoms. The zero-order valence-corrected chi connectivity index (χ0v) is 20.4. The van der Waals surface area contributed by atoms with Gasteiger partial charge in [-0.3, -0.25) is 14.8 Å². The average Bonchev–Trinajstić information content (AvgIpc) is 2.72.